The molecule has 1 aromatic heterocycles. The van der Waals surface area contributed by atoms with Crippen molar-refractivity contribution >= 4 is 12.3 Å². The highest BCUT2D eigenvalue weighted by molar-refractivity contribution is 5.82. The van der Waals surface area contributed by atoms with E-state index in [1.54, 1.807) is 36.7 Å². The molecular weight excluding hydrogens is 370 g/mol. The minimum Gasteiger partial charge on any atom is -0.460 e. The molecule has 1 unspecified atom stereocenters. The molecule has 2 heterocycles. The zero-order valence-corrected chi connectivity index (χ0v) is 16.9. The van der Waals surface area contributed by atoms with Crippen LogP contribution in [-0.2, 0) is 9.53 Å². The number of esters is 1. The van der Waals surface area contributed by atoms with Crippen molar-refractivity contribution in [1.82, 2.24) is 4.98 Å². The third-order valence-corrected chi connectivity index (χ3v) is 4.62. The Hall–Kier alpha value is -3.15. The van der Waals surface area contributed by atoms with Crippen LogP contribution in [0.4, 0.5) is 0 Å². The molecule has 152 valence electrons. The van der Waals surface area contributed by atoms with Gasteiger partial charge in [0, 0.05) is 23.9 Å². The summed E-state index contributed by atoms with van der Waals surface area (Å²) < 4.78 is 16.6. The van der Waals surface area contributed by atoms with E-state index in [0.29, 0.717) is 29.0 Å². The van der Waals surface area contributed by atoms with Gasteiger partial charge in [-0.2, -0.15) is 0 Å². The second-order valence-corrected chi connectivity index (χ2v) is 7.88. The van der Waals surface area contributed by atoms with Crippen LogP contribution in [0, 0.1) is 5.92 Å². The number of nitrogens with zero attached hydrogens (tertiary/aromatic N) is 1. The van der Waals surface area contributed by atoms with Gasteiger partial charge in [-0.25, -0.2) is 0 Å². The van der Waals surface area contributed by atoms with Crippen molar-refractivity contribution in [3.8, 4) is 11.5 Å². The van der Waals surface area contributed by atoms with Crippen LogP contribution in [0.2, 0.25) is 0 Å². The number of pyridine rings is 1. The van der Waals surface area contributed by atoms with Gasteiger partial charge in [0.1, 0.15) is 11.9 Å². The first-order valence-corrected chi connectivity index (χ1v) is 9.46. The fourth-order valence-corrected chi connectivity index (χ4v) is 3.46. The molecule has 0 fully saturated rings. The Morgan fingerprint density at radius 1 is 1.31 bits per heavy atom. The number of hydrogen-bond acceptors (Lipinski definition) is 6. The van der Waals surface area contributed by atoms with Gasteiger partial charge in [-0.05, 0) is 56.5 Å². The van der Waals surface area contributed by atoms with E-state index in [1.807, 2.05) is 26.8 Å². The summed E-state index contributed by atoms with van der Waals surface area (Å²) in [5.74, 6) is -0.360. The summed E-state index contributed by atoms with van der Waals surface area (Å²) in [4.78, 5) is 29.2. The molecule has 3 rings (SSSR count). The summed E-state index contributed by atoms with van der Waals surface area (Å²) in [6.45, 7) is 9.38. The van der Waals surface area contributed by atoms with Crippen LogP contribution in [0.1, 0.15) is 54.6 Å². The minimum atomic E-state index is -0.641. The van der Waals surface area contributed by atoms with Crippen molar-refractivity contribution in [3.63, 3.8) is 0 Å². The molecule has 2 aromatic rings. The van der Waals surface area contributed by atoms with Gasteiger partial charge in [0.15, 0.2) is 11.5 Å². The average Bonchev–Trinajstić information content (AvgIpc) is 3.13. The quantitative estimate of drug-likeness (QED) is 0.396. The fraction of sp³-hybridized carbons (Fsp3) is 0.348. The lowest BCUT2D eigenvalue weighted by Gasteiger charge is -2.30. The molecule has 6 nitrogen and oxygen atoms in total. The number of hydrogen-bond donors (Lipinski definition) is 0. The van der Waals surface area contributed by atoms with Crippen LogP contribution in [0.15, 0.2) is 49.3 Å². The summed E-state index contributed by atoms with van der Waals surface area (Å²) in [6, 6.07) is 7.10. The van der Waals surface area contributed by atoms with E-state index in [2.05, 4.69) is 11.6 Å². The molecule has 1 aliphatic heterocycles. The summed E-state index contributed by atoms with van der Waals surface area (Å²) in [6.07, 6.45) is 6.19. The number of fused-ring (bicyclic) bond motifs is 1. The molecule has 29 heavy (non-hydrogen) atoms. The predicted molar refractivity (Wildman–Crippen MR) is 108 cm³/mol. The Bertz CT molecular complexity index is 901. The van der Waals surface area contributed by atoms with Gasteiger partial charge in [0.2, 0.25) is 6.79 Å². The smallest absolute Gasteiger partial charge is 0.310 e. The standard InChI is InChI=1S/C23H25NO5/c1-5-7-17(22(26)29-23(2,3)4)21(15-8-6-9-24-12-15)18-11-20-19(27-14-28-20)10-16(18)13-25/h5-6,8-13,17,21H,1,7,14H2,2-4H3/t17?,21-/m1/s1. The molecule has 0 aliphatic carbocycles. The summed E-state index contributed by atoms with van der Waals surface area (Å²) >= 11 is 0. The van der Waals surface area contributed by atoms with Crippen LogP contribution < -0.4 is 9.47 Å². The van der Waals surface area contributed by atoms with E-state index in [9.17, 15) is 9.59 Å². The molecule has 0 amide bonds. The highest BCUT2D eigenvalue weighted by atomic mass is 16.7. The highest BCUT2D eigenvalue weighted by Gasteiger charge is 2.36. The Labute approximate surface area is 170 Å². The number of allylic oxidation sites excluding steroid dienone is 1. The second kappa shape index (κ2) is 8.47. The first kappa shape index (κ1) is 20.6. The van der Waals surface area contributed by atoms with E-state index < -0.39 is 17.4 Å². The predicted octanol–water partition coefficient (Wildman–Crippen LogP) is 4.29. The van der Waals surface area contributed by atoms with Gasteiger partial charge in [-0.3, -0.25) is 14.6 Å². The Morgan fingerprint density at radius 2 is 2.03 bits per heavy atom. The Kier molecular flexibility index (Phi) is 6.01. The van der Waals surface area contributed by atoms with Crippen LogP contribution in [-0.4, -0.2) is 29.6 Å². The topological polar surface area (TPSA) is 74.7 Å². The molecule has 1 aliphatic rings. The molecule has 0 saturated heterocycles. The minimum absolute atomic E-state index is 0.0940. The largest absolute Gasteiger partial charge is 0.460 e. The van der Waals surface area contributed by atoms with E-state index in [4.69, 9.17) is 14.2 Å². The van der Waals surface area contributed by atoms with E-state index >= 15 is 0 Å². The van der Waals surface area contributed by atoms with E-state index in [-0.39, 0.29) is 12.8 Å². The Morgan fingerprint density at radius 3 is 2.62 bits per heavy atom. The number of carbonyl (C=O) groups is 2. The van der Waals surface area contributed by atoms with Crippen molar-refractivity contribution in [3.05, 3.63) is 66.0 Å². The number of carbonyl (C=O) groups excluding carboxylic acids is 2. The summed E-state index contributed by atoms with van der Waals surface area (Å²) in [5.41, 5.74) is 1.25. The molecule has 0 spiro atoms. The van der Waals surface area contributed by atoms with E-state index in [1.165, 1.54) is 0 Å². The van der Waals surface area contributed by atoms with Gasteiger partial charge in [-0.15, -0.1) is 6.58 Å². The van der Waals surface area contributed by atoms with Gasteiger partial charge in [0.25, 0.3) is 0 Å². The summed E-state index contributed by atoms with van der Waals surface area (Å²) in [5, 5.41) is 0. The van der Waals surface area contributed by atoms with Gasteiger partial charge in [-0.1, -0.05) is 12.1 Å². The zero-order chi connectivity index (χ0) is 21.0. The highest BCUT2D eigenvalue weighted by Crippen LogP contribution is 2.42. The molecular formula is C23H25NO5. The molecule has 6 heteroatoms. The van der Waals surface area contributed by atoms with Crippen LogP contribution in [0.25, 0.3) is 0 Å². The Balaban J connectivity index is 2.16. The van der Waals surface area contributed by atoms with Crippen LogP contribution in [0.5, 0.6) is 11.5 Å². The monoisotopic (exact) mass is 395 g/mol. The first-order valence-electron chi connectivity index (χ1n) is 9.46. The van der Waals surface area contributed by atoms with Gasteiger partial charge < -0.3 is 14.2 Å². The molecule has 0 N–H and O–H groups in total. The molecule has 0 radical (unpaired) electrons. The summed E-state index contributed by atoms with van der Waals surface area (Å²) in [7, 11) is 0. The maximum absolute atomic E-state index is 13.1. The van der Waals surface area contributed by atoms with Crippen molar-refractivity contribution in [2.75, 3.05) is 6.79 Å². The van der Waals surface area contributed by atoms with Crippen molar-refractivity contribution in [2.45, 2.75) is 38.7 Å². The average molecular weight is 395 g/mol. The number of rotatable bonds is 7. The number of aldehydes is 1. The zero-order valence-electron chi connectivity index (χ0n) is 16.9. The number of aromatic nitrogens is 1. The number of benzene rings is 1. The third kappa shape index (κ3) is 4.65. The lowest BCUT2D eigenvalue weighted by atomic mass is 9.77. The molecule has 1 aromatic carbocycles. The first-order chi connectivity index (χ1) is 13.8. The maximum Gasteiger partial charge on any atom is 0.310 e. The molecule has 0 bridgehead atoms. The lowest BCUT2D eigenvalue weighted by Crippen LogP contribution is -2.32. The normalized spacial score (nSPS) is 14.7. The second-order valence-electron chi connectivity index (χ2n) is 7.88. The van der Waals surface area contributed by atoms with Crippen LogP contribution >= 0.6 is 0 Å². The number of ether oxygens (including phenoxy) is 3. The fourth-order valence-electron chi connectivity index (χ4n) is 3.46. The van der Waals surface area contributed by atoms with Gasteiger partial charge in [0.05, 0.1) is 5.92 Å². The van der Waals surface area contributed by atoms with E-state index in [0.717, 1.165) is 11.8 Å². The molecule has 2 atom stereocenters. The van der Waals surface area contributed by atoms with Gasteiger partial charge >= 0.3 is 5.97 Å². The van der Waals surface area contributed by atoms with Crippen LogP contribution in [0.3, 0.4) is 0 Å². The maximum atomic E-state index is 13.1. The molecule has 0 saturated carbocycles. The van der Waals surface area contributed by atoms with Crippen molar-refractivity contribution in [1.29, 1.82) is 0 Å². The van der Waals surface area contributed by atoms with Crippen molar-refractivity contribution < 1.29 is 23.8 Å². The van der Waals surface area contributed by atoms with Crippen molar-refractivity contribution in [2.24, 2.45) is 5.92 Å². The third-order valence-electron chi connectivity index (χ3n) is 4.62. The SMILES string of the molecule is C=CCC(C(=O)OC(C)(C)C)[C@@H](c1cccnc1)c1cc2c(cc1C=O)OCO2. The lowest BCUT2D eigenvalue weighted by molar-refractivity contribution is -0.160.